The van der Waals surface area contributed by atoms with Gasteiger partial charge in [-0.2, -0.15) is 0 Å². The van der Waals surface area contributed by atoms with E-state index in [0.717, 1.165) is 0 Å². The number of methoxy groups -OCH3 is 2. The number of carbonyl (C=O) groups is 1. The van der Waals surface area contributed by atoms with Gasteiger partial charge < -0.3 is 20.5 Å². The molecule has 0 bridgehead atoms. The zero-order valence-corrected chi connectivity index (χ0v) is 11.0. The largest absolute Gasteiger partial charge is 0.392 e. The van der Waals surface area contributed by atoms with Crippen LogP contribution >= 0.6 is 12.2 Å². The Balaban J connectivity index is 4.20. The quantitative estimate of drug-likeness (QED) is 0.624. The molecule has 0 spiro atoms. The van der Waals surface area contributed by atoms with E-state index in [1.165, 1.54) is 0 Å². The molecule has 0 aromatic rings. The van der Waals surface area contributed by atoms with Gasteiger partial charge in [0.1, 0.15) is 0 Å². The summed E-state index contributed by atoms with van der Waals surface area (Å²) >= 11 is 4.83. The normalized spacial score (nSPS) is 13.2. The molecule has 3 N–H and O–H groups in total. The van der Waals surface area contributed by atoms with Gasteiger partial charge in [-0.1, -0.05) is 12.2 Å². The highest BCUT2D eigenvalue weighted by Gasteiger charge is 2.30. The van der Waals surface area contributed by atoms with E-state index in [9.17, 15) is 4.79 Å². The van der Waals surface area contributed by atoms with Gasteiger partial charge in [-0.25, -0.2) is 0 Å². The number of thiocarbonyl (C=S) groups is 1. The predicted octanol–water partition coefficient (Wildman–Crippen LogP) is 0.0763. The second-order valence-corrected chi connectivity index (χ2v) is 4.45. The lowest BCUT2D eigenvalue weighted by atomic mass is 9.92. The summed E-state index contributed by atoms with van der Waals surface area (Å²) in [6, 6.07) is 0. The number of amides is 1. The number of hydrogen-bond donors (Lipinski definition) is 2. The fourth-order valence-electron chi connectivity index (χ4n) is 0.936. The Kier molecular flexibility index (Phi) is 6.47. The van der Waals surface area contributed by atoms with Crippen molar-refractivity contribution in [3.8, 4) is 0 Å². The smallest absolute Gasteiger partial charge is 0.232 e. The molecule has 0 heterocycles. The van der Waals surface area contributed by atoms with E-state index in [-0.39, 0.29) is 17.0 Å². The van der Waals surface area contributed by atoms with Crippen molar-refractivity contribution in [1.82, 2.24) is 5.32 Å². The van der Waals surface area contributed by atoms with Crippen LogP contribution < -0.4 is 11.1 Å². The molecular formula is C10H20N2O3S. The molecule has 0 aromatic carbocycles. The van der Waals surface area contributed by atoms with Crippen LogP contribution in [0, 0.1) is 5.41 Å². The lowest BCUT2D eigenvalue weighted by Crippen LogP contribution is -2.47. The van der Waals surface area contributed by atoms with Crippen molar-refractivity contribution in [2.24, 2.45) is 11.1 Å². The van der Waals surface area contributed by atoms with Crippen molar-refractivity contribution in [2.75, 3.05) is 27.4 Å². The fourth-order valence-corrected chi connectivity index (χ4v) is 1.03. The van der Waals surface area contributed by atoms with Gasteiger partial charge in [0, 0.05) is 20.8 Å². The monoisotopic (exact) mass is 248 g/mol. The van der Waals surface area contributed by atoms with Gasteiger partial charge in [-0.3, -0.25) is 4.79 Å². The molecule has 0 aliphatic heterocycles. The third kappa shape index (κ3) is 4.42. The van der Waals surface area contributed by atoms with Crippen LogP contribution in [0.3, 0.4) is 0 Å². The van der Waals surface area contributed by atoms with Gasteiger partial charge >= 0.3 is 0 Å². The van der Waals surface area contributed by atoms with Crippen LogP contribution in [0.5, 0.6) is 0 Å². The Hall–Kier alpha value is -0.720. The molecule has 5 nitrogen and oxygen atoms in total. The van der Waals surface area contributed by atoms with E-state index in [1.54, 1.807) is 28.1 Å². The van der Waals surface area contributed by atoms with Crippen molar-refractivity contribution in [3.05, 3.63) is 0 Å². The molecule has 0 aliphatic rings. The summed E-state index contributed by atoms with van der Waals surface area (Å²) in [6.07, 6.45) is -0.170. The Labute approximate surface area is 102 Å². The summed E-state index contributed by atoms with van der Waals surface area (Å²) in [5, 5.41) is 2.73. The number of carbonyl (C=O) groups excluding carboxylic acids is 1. The molecular weight excluding hydrogens is 228 g/mol. The lowest BCUT2D eigenvalue weighted by molar-refractivity contribution is -0.127. The summed E-state index contributed by atoms with van der Waals surface area (Å²) in [4.78, 5) is 11.9. The minimum absolute atomic E-state index is 0.170. The Morgan fingerprint density at radius 2 is 2.06 bits per heavy atom. The van der Waals surface area contributed by atoms with Crippen molar-refractivity contribution < 1.29 is 14.3 Å². The molecule has 1 amide bonds. The van der Waals surface area contributed by atoms with E-state index < -0.39 is 5.41 Å². The average molecular weight is 248 g/mol. The molecule has 0 saturated heterocycles. The lowest BCUT2D eigenvalue weighted by Gasteiger charge is -2.23. The Morgan fingerprint density at radius 3 is 2.44 bits per heavy atom. The Bertz CT molecular complexity index is 256. The third-order valence-corrected chi connectivity index (χ3v) is 2.87. The molecule has 0 fully saturated rings. The van der Waals surface area contributed by atoms with E-state index in [2.05, 4.69) is 5.32 Å². The SMILES string of the molecule is COCC(CNC(=O)C(C)(C)C(N)=S)OC. The second-order valence-electron chi connectivity index (χ2n) is 4.01. The highest BCUT2D eigenvalue weighted by molar-refractivity contribution is 7.80. The Morgan fingerprint density at radius 1 is 1.50 bits per heavy atom. The minimum Gasteiger partial charge on any atom is -0.392 e. The first kappa shape index (κ1) is 15.3. The maximum absolute atomic E-state index is 11.8. The maximum atomic E-state index is 11.8. The van der Waals surface area contributed by atoms with E-state index >= 15 is 0 Å². The van der Waals surface area contributed by atoms with E-state index in [0.29, 0.717) is 13.2 Å². The first-order chi connectivity index (χ1) is 7.36. The minimum atomic E-state index is -0.847. The molecule has 0 saturated carbocycles. The first-order valence-electron chi connectivity index (χ1n) is 4.96. The summed E-state index contributed by atoms with van der Waals surface area (Å²) in [6.45, 7) is 4.16. The molecule has 6 heteroatoms. The average Bonchev–Trinajstić information content (AvgIpc) is 2.23. The topological polar surface area (TPSA) is 73.6 Å². The zero-order valence-electron chi connectivity index (χ0n) is 10.2. The molecule has 0 aliphatic carbocycles. The zero-order chi connectivity index (χ0) is 12.8. The summed E-state index contributed by atoms with van der Waals surface area (Å²) < 4.78 is 10.0. The van der Waals surface area contributed by atoms with Gasteiger partial charge in [-0.05, 0) is 13.8 Å². The van der Waals surface area contributed by atoms with Crippen LogP contribution in [0.15, 0.2) is 0 Å². The van der Waals surface area contributed by atoms with Gasteiger partial charge in [0.05, 0.1) is 23.1 Å². The standard InChI is InChI=1S/C10H20N2O3S/c1-10(2,8(11)16)9(13)12-5-7(15-4)6-14-3/h7H,5-6H2,1-4H3,(H2,11,16)(H,12,13). The molecule has 1 unspecified atom stereocenters. The van der Waals surface area contributed by atoms with Crippen molar-refractivity contribution in [3.63, 3.8) is 0 Å². The van der Waals surface area contributed by atoms with Gasteiger partial charge in [0.15, 0.2) is 0 Å². The van der Waals surface area contributed by atoms with Crippen molar-refractivity contribution in [2.45, 2.75) is 20.0 Å². The summed E-state index contributed by atoms with van der Waals surface area (Å²) in [7, 11) is 3.14. The fraction of sp³-hybridized carbons (Fsp3) is 0.800. The van der Waals surface area contributed by atoms with E-state index in [1.807, 2.05) is 0 Å². The molecule has 94 valence electrons. The molecule has 0 aromatic heterocycles. The van der Waals surface area contributed by atoms with Crippen molar-refractivity contribution in [1.29, 1.82) is 0 Å². The van der Waals surface area contributed by atoms with Gasteiger partial charge in [-0.15, -0.1) is 0 Å². The predicted molar refractivity (Wildman–Crippen MR) is 66.2 cm³/mol. The van der Waals surface area contributed by atoms with Gasteiger partial charge in [0.2, 0.25) is 5.91 Å². The highest BCUT2D eigenvalue weighted by atomic mass is 32.1. The van der Waals surface area contributed by atoms with Crippen LogP contribution in [0.4, 0.5) is 0 Å². The first-order valence-corrected chi connectivity index (χ1v) is 5.37. The second kappa shape index (κ2) is 6.78. The molecule has 0 rings (SSSR count). The highest BCUT2D eigenvalue weighted by Crippen LogP contribution is 2.15. The number of nitrogens with two attached hydrogens (primary N) is 1. The van der Waals surface area contributed by atoms with Crippen LogP contribution in [0.1, 0.15) is 13.8 Å². The van der Waals surface area contributed by atoms with Crippen LogP contribution in [0.2, 0.25) is 0 Å². The third-order valence-electron chi connectivity index (χ3n) is 2.36. The molecule has 1 atom stereocenters. The number of hydrogen-bond acceptors (Lipinski definition) is 4. The van der Waals surface area contributed by atoms with Crippen LogP contribution in [0.25, 0.3) is 0 Å². The van der Waals surface area contributed by atoms with Crippen LogP contribution in [-0.2, 0) is 14.3 Å². The van der Waals surface area contributed by atoms with E-state index in [4.69, 9.17) is 27.4 Å². The molecule has 0 radical (unpaired) electrons. The van der Waals surface area contributed by atoms with Gasteiger partial charge in [0.25, 0.3) is 0 Å². The van der Waals surface area contributed by atoms with Crippen molar-refractivity contribution >= 4 is 23.1 Å². The summed E-state index contributed by atoms with van der Waals surface area (Å²) in [5.74, 6) is -0.210. The van der Waals surface area contributed by atoms with Crippen LogP contribution in [-0.4, -0.2) is 44.4 Å². The maximum Gasteiger partial charge on any atom is 0.232 e. The number of rotatable bonds is 7. The number of ether oxygens (including phenoxy) is 2. The molecule has 16 heavy (non-hydrogen) atoms. The number of nitrogens with one attached hydrogen (secondary N) is 1. The summed E-state index contributed by atoms with van der Waals surface area (Å²) in [5.41, 5.74) is 4.64.